The Kier molecular flexibility index (Phi) is 10.2. The summed E-state index contributed by atoms with van der Waals surface area (Å²) in [6.07, 6.45) is 0. The van der Waals surface area contributed by atoms with Crippen LogP contribution in [0.3, 0.4) is 0 Å². The molecule has 0 amide bonds. The molecular formula is C61H54N12O. The summed E-state index contributed by atoms with van der Waals surface area (Å²) in [5.74, 6) is 4.80. The first-order chi connectivity index (χ1) is 36.0. The minimum atomic E-state index is 0.859. The van der Waals surface area contributed by atoms with Crippen LogP contribution in [-0.4, -0.2) is 62.9 Å². The molecule has 0 fully saturated rings. The van der Waals surface area contributed by atoms with E-state index in [-0.39, 0.29) is 0 Å². The van der Waals surface area contributed by atoms with Gasteiger partial charge in [-0.15, -0.1) is 0 Å². The van der Waals surface area contributed by atoms with Crippen molar-refractivity contribution in [3.8, 4) is 5.75 Å². The van der Waals surface area contributed by atoms with Gasteiger partial charge in [-0.3, -0.25) is 17.6 Å². The van der Waals surface area contributed by atoms with E-state index in [9.17, 15) is 0 Å². The van der Waals surface area contributed by atoms with Crippen molar-refractivity contribution in [2.45, 2.75) is 27.7 Å². The van der Waals surface area contributed by atoms with Crippen molar-refractivity contribution in [3.63, 3.8) is 0 Å². The standard InChI is InChI=1S/C17H17N3.C15H13N3O.C15H13N3.C14H11N3/c1-10-5-6-14-16(7-10)20-15-9-12(3)11(2)8-13(15)18-17(20)19(14)4;1-17-13-8-7-10(19-2)9-14(13)18-12-6-4-3-5-11(12)16-15(17)18;1-10-7-8-13-14(9-10)18-12-6-4-3-5-11(12)16-15(18)17(13)2;1-16-12-8-4-5-9-13(12)17-11-7-3-2-6-10(11)15-14(16)17/h5-9H,1-4H3;3-9H,1-2H3;3-9H,1-2H3;2-9H,1H3. The van der Waals surface area contributed by atoms with Crippen LogP contribution < -0.4 is 4.74 Å². The predicted octanol–water partition coefficient (Wildman–Crippen LogP) is 13.2. The quantitative estimate of drug-likeness (QED) is 0.163. The molecule has 16 rings (SSSR count). The van der Waals surface area contributed by atoms with Gasteiger partial charge in [0.2, 0.25) is 23.1 Å². The molecule has 0 N–H and O–H groups in total. The number of imidazole rings is 8. The number of aryl methyl sites for hydroxylation is 8. The highest BCUT2D eigenvalue weighted by atomic mass is 16.5. The van der Waals surface area contributed by atoms with E-state index in [2.05, 4.69) is 217 Å². The molecule has 0 bridgehead atoms. The fraction of sp³-hybridized carbons (Fsp3) is 0.148. The van der Waals surface area contributed by atoms with Crippen molar-refractivity contribution >= 4 is 111 Å². The SMILES string of the molecule is COc1ccc2c(c1)n1c3ccccc3nc1n2C.Cc1ccc2c(c1)n1c3cc(C)c(C)cc3nc1n2C.Cc1ccc2c(c1)n1c3ccccc3nc1n2C.Cn1c2ccccc2n2c3ccccc3nc12. The average Bonchev–Trinajstić information content (AvgIpc) is 4.31. The van der Waals surface area contributed by atoms with Crippen molar-refractivity contribution in [2.24, 2.45) is 28.2 Å². The van der Waals surface area contributed by atoms with Gasteiger partial charge in [0, 0.05) is 34.3 Å². The number of benzene rings is 8. The Hall–Kier alpha value is -9.36. The maximum absolute atomic E-state index is 5.33. The Bertz CT molecular complexity index is 4890. The first kappa shape index (κ1) is 44.6. The molecule has 364 valence electrons. The van der Waals surface area contributed by atoms with Crippen molar-refractivity contribution < 1.29 is 4.74 Å². The fourth-order valence-electron chi connectivity index (χ4n) is 10.9. The van der Waals surface area contributed by atoms with Crippen LogP contribution in [0.1, 0.15) is 22.3 Å². The van der Waals surface area contributed by atoms with E-state index in [1.165, 1.54) is 71.9 Å². The number of rotatable bonds is 1. The van der Waals surface area contributed by atoms with Gasteiger partial charge in [0.15, 0.2) is 0 Å². The molecule has 13 nitrogen and oxygen atoms in total. The van der Waals surface area contributed by atoms with Crippen LogP contribution >= 0.6 is 0 Å². The van der Waals surface area contributed by atoms with Gasteiger partial charge in [0.05, 0.1) is 95.4 Å². The molecule has 8 aromatic carbocycles. The fourth-order valence-corrected chi connectivity index (χ4v) is 10.9. The molecule has 16 aromatic rings. The number of hydrogen-bond donors (Lipinski definition) is 0. The van der Waals surface area contributed by atoms with E-state index in [0.717, 1.165) is 67.5 Å². The predicted molar refractivity (Wildman–Crippen MR) is 302 cm³/mol. The maximum atomic E-state index is 5.33. The monoisotopic (exact) mass is 970 g/mol. The molecule has 8 heterocycles. The number of para-hydroxylation sites is 8. The van der Waals surface area contributed by atoms with E-state index in [0.29, 0.717) is 0 Å². The van der Waals surface area contributed by atoms with E-state index in [1.807, 2.05) is 43.4 Å². The summed E-state index contributed by atoms with van der Waals surface area (Å²) in [6.45, 7) is 8.55. The molecule has 0 spiro atoms. The number of nitrogens with zero attached hydrogens (tertiary/aromatic N) is 12. The van der Waals surface area contributed by atoms with Crippen LogP contribution in [0.5, 0.6) is 5.75 Å². The number of ether oxygens (including phenoxy) is 1. The lowest BCUT2D eigenvalue weighted by atomic mass is 10.1. The molecule has 0 saturated heterocycles. The van der Waals surface area contributed by atoms with Gasteiger partial charge in [-0.05, 0) is 147 Å². The lowest BCUT2D eigenvalue weighted by molar-refractivity contribution is 0.415. The molecule has 0 saturated carbocycles. The molecule has 0 aliphatic carbocycles. The summed E-state index contributed by atoms with van der Waals surface area (Å²) in [7, 11) is 9.93. The highest BCUT2D eigenvalue weighted by Gasteiger charge is 2.18. The molecule has 0 unspecified atom stereocenters. The van der Waals surface area contributed by atoms with Gasteiger partial charge in [0.25, 0.3) is 0 Å². The van der Waals surface area contributed by atoms with Crippen LogP contribution in [-0.2, 0) is 28.2 Å². The number of aromatic nitrogens is 12. The van der Waals surface area contributed by atoms with Gasteiger partial charge in [0.1, 0.15) is 5.75 Å². The Labute approximate surface area is 424 Å². The van der Waals surface area contributed by atoms with Gasteiger partial charge in [-0.25, -0.2) is 19.9 Å². The maximum Gasteiger partial charge on any atom is 0.215 e. The summed E-state index contributed by atoms with van der Waals surface area (Å²) in [5, 5.41) is 0. The zero-order chi connectivity index (χ0) is 50.7. The van der Waals surface area contributed by atoms with E-state index in [1.54, 1.807) is 7.11 Å². The Morgan fingerprint density at radius 2 is 0.635 bits per heavy atom. The van der Waals surface area contributed by atoms with Crippen LogP contribution in [0.4, 0.5) is 0 Å². The molecule has 8 aromatic heterocycles. The molecule has 0 aliphatic rings. The summed E-state index contributed by atoms with van der Waals surface area (Å²) >= 11 is 0. The highest BCUT2D eigenvalue weighted by Crippen LogP contribution is 2.31. The van der Waals surface area contributed by atoms with Gasteiger partial charge < -0.3 is 23.0 Å². The Morgan fingerprint density at radius 3 is 1.09 bits per heavy atom. The molecule has 0 radical (unpaired) electrons. The average molecular weight is 971 g/mol. The second kappa shape index (κ2) is 16.9. The third kappa shape index (κ3) is 6.76. The summed E-state index contributed by atoms with van der Waals surface area (Å²) in [5.41, 5.74) is 23.5. The zero-order valence-electron chi connectivity index (χ0n) is 42.9. The molecular weight excluding hydrogens is 917 g/mol. The van der Waals surface area contributed by atoms with Crippen LogP contribution in [0.25, 0.3) is 111 Å². The van der Waals surface area contributed by atoms with Crippen molar-refractivity contribution in [2.75, 3.05) is 7.11 Å². The Balaban J connectivity index is 0.0000000953. The summed E-state index contributed by atoms with van der Waals surface area (Å²) in [6, 6.07) is 56.7. The smallest absolute Gasteiger partial charge is 0.215 e. The van der Waals surface area contributed by atoms with Crippen molar-refractivity contribution in [3.05, 3.63) is 186 Å². The largest absolute Gasteiger partial charge is 0.497 e. The number of fused-ring (bicyclic) bond motifs is 20. The van der Waals surface area contributed by atoms with Crippen molar-refractivity contribution in [1.82, 2.24) is 55.8 Å². The van der Waals surface area contributed by atoms with Gasteiger partial charge in [-0.1, -0.05) is 60.7 Å². The molecule has 0 aliphatic heterocycles. The van der Waals surface area contributed by atoms with E-state index < -0.39 is 0 Å². The first-order valence-corrected chi connectivity index (χ1v) is 24.8. The lowest BCUT2D eigenvalue weighted by Gasteiger charge is -2.01. The van der Waals surface area contributed by atoms with E-state index in [4.69, 9.17) is 19.7 Å². The third-order valence-electron chi connectivity index (χ3n) is 14.8. The molecule has 0 atom stereocenters. The van der Waals surface area contributed by atoms with Gasteiger partial charge >= 0.3 is 0 Å². The normalized spacial score (nSPS) is 11.9. The summed E-state index contributed by atoms with van der Waals surface area (Å²) < 4.78 is 22.8. The van der Waals surface area contributed by atoms with Gasteiger partial charge in [-0.2, -0.15) is 0 Å². The minimum Gasteiger partial charge on any atom is -0.497 e. The topological polar surface area (TPSA) is 98.2 Å². The number of hydrogen-bond acceptors (Lipinski definition) is 5. The molecule has 13 heteroatoms. The number of methoxy groups -OCH3 is 1. The van der Waals surface area contributed by atoms with Crippen LogP contribution in [0.15, 0.2) is 164 Å². The van der Waals surface area contributed by atoms with Crippen LogP contribution in [0, 0.1) is 27.7 Å². The first-order valence-electron chi connectivity index (χ1n) is 24.8. The minimum absolute atomic E-state index is 0.859. The summed E-state index contributed by atoms with van der Waals surface area (Å²) in [4.78, 5) is 18.9. The molecule has 74 heavy (non-hydrogen) atoms. The Morgan fingerprint density at radius 1 is 0.297 bits per heavy atom. The highest BCUT2D eigenvalue weighted by molar-refractivity contribution is 5.94. The van der Waals surface area contributed by atoms with Crippen LogP contribution in [0.2, 0.25) is 0 Å². The second-order valence-corrected chi connectivity index (χ2v) is 19.4. The van der Waals surface area contributed by atoms with Crippen molar-refractivity contribution in [1.29, 1.82) is 0 Å². The lowest BCUT2D eigenvalue weighted by Crippen LogP contribution is -1.88. The third-order valence-corrected chi connectivity index (χ3v) is 14.8. The second-order valence-electron chi connectivity index (χ2n) is 19.4. The zero-order valence-corrected chi connectivity index (χ0v) is 42.9. The van der Waals surface area contributed by atoms with E-state index >= 15 is 0 Å².